The first-order chi connectivity index (χ1) is 11.2. The average molecular weight is 342 g/mol. The van der Waals surface area contributed by atoms with Crippen molar-refractivity contribution in [3.8, 4) is 0 Å². The predicted molar refractivity (Wildman–Crippen MR) is 73.7 cm³/mol. The van der Waals surface area contributed by atoms with Crippen molar-refractivity contribution in [3.05, 3.63) is 23.8 Å². The third-order valence-corrected chi connectivity index (χ3v) is 2.95. The van der Waals surface area contributed by atoms with Crippen LogP contribution in [0, 0.1) is 0 Å². The van der Waals surface area contributed by atoms with E-state index in [2.05, 4.69) is 9.97 Å². The lowest BCUT2D eigenvalue weighted by molar-refractivity contribution is -0.151. The zero-order valence-electron chi connectivity index (χ0n) is 12.1. The van der Waals surface area contributed by atoms with E-state index in [1.54, 1.807) is 0 Å². The lowest BCUT2D eigenvalue weighted by Crippen LogP contribution is -2.56. The lowest BCUT2D eigenvalue weighted by Gasteiger charge is -2.31. The second-order valence-electron chi connectivity index (χ2n) is 4.44. The molecule has 6 N–H and O–H groups in total. The van der Waals surface area contributed by atoms with E-state index in [0.29, 0.717) is 0 Å². The summed E-state index contributed by atoms with van der Waals surface area (Å²) in [5.74, 6) is -5.52. The number of nitrogens with zero attached hydrogens (tertiary/aromatic N) is 3. The summed E-state index contributed by atoms with van der Waals surface area (Å²) in [6.07, 6.45) is 1.64. The maximum absolute atomic E-state index is 12.4. The smallest absolute Gasteiger partial charge is 0.328 e. The van der Waals surface area contributed by atoms with Gasteiger partial charge in [-0.3, -0.25) is 9.59 Å². The van der Waals surface area contributed by atoms with Crippen LogP contribution in [0.4, 0.5) is 0 Å². The molecule has 12 heteroatoms. The van der Waals surface area contributed by atoms with Crippen molar-refractivity contribution in [2.24, 2.45) is 5.73 Å². The van der Waals surface area contributed by atoms with Crippen LogP contribution in [-0.2, 0) is 9.59 Å². The van der Waals surface area contributed by atoms with Gasteiger partial charge in [-0.1, -0.05) is 0 Å². The Morgan fingerprint density at radius 2 is 1.38 bits per heavy atom. The third-order valence-electron chi connectivity index (χ3n) is 2.95. The molecule has 0 spiro atoms. The van der Waals surface area contributed by atoms with Crippen molar-refractivity contribution in [1.82, 2.24) is 14.9 Å². The minimum atomic E-state index is -1.94. The molecule has 1 rings (SSSR count). The van der Waals surface area contributed by atoms with Crippen LogP contribution in [0.25, 0.3) is 0 Å². The summed E-state index contributed by atoms with van der Waals surface area (Å²) in [5, 5.41) is 36.4. The van der Waals surface area contributed by atoms with E-state index in [0.717, 1.165) is 12.4 Å². The maximum atomic E-state index is 12.4. The number of carbonyl (C=O) groups excluding carboxylic acids is 2. The molecular weight excluding hydrogens is 328 g/mol. The monoisotopic (exact) mass is 342 g/mol. The number of carbonyl (C=O) groups is 4. The molecule has 130 valence electrons. The van der Waals surface area contributed by atoms with Crippen molar-refractivity contribution in [1.29, 1.82) is 0 Å². The highest BCUT2D eigenvalue weighted by Gasteiger charge is 2.39. The van der Waals surface area contributed by atoms with E-state index >= 15 is 0 Å². The van der Waals surface area contributed by atoms with Crippen molar-refractivity contribution >= 4 is 23.8 Å². The molecule has 0 aliphatic carbocycles. The first-order valence-electron chi connectivity index (χ1n) is 6.36. The normalized spacial score (nSPS) is 12.9. The number of aliphatic carboxylic acids is 2. The number of carboxylic acids is 2. The van der Waals surface area contributed by atoms with Crippen molar-refractivity contribution in [2.75, 3.05) is 13.2 Å². The van der Waals surface area contributed by atoms with E-state index in [9.17, 15) is 19.2 Å². The Morgan fingerprint density at radius 3 is 1.67 bits per heavy atom. The molecule has 0 aliphatic rings. The first kappa shape index (κ1) is 18.9. The number of rotatable bonds is 8. The van der Waals surface area contributed by atoms with Gasteiger partial charge in [0, 0.05) is 0 Å². The number of nitrogens with two attached hydrogens (primary N) is 1. The zero-order chi connectivity index (χ0) is 18.4. The summed E-state index contributed by atoms with van der Waals surface area (Å²) in [4.78, 5) is 53.0. The Bertz CT molecular complexity index is 625. The van der Waals surface area contributed by atoms with Crippen LogP contribution in [0.15, 0.2) is 12.4 Å². The predicted octanol–water partition coefficient (Wildman–Crippen LogP) is -3.09. The highest BCUT2D eigenvalue weighted by molar-refractivity contribution is 5.98. The van der Waals surface area contributed by atoms with Crippen LogP contribution in [0.3, 0.4) is 0 Å². The Morgan fingerprint density at radius 1 is 0.958 bits per heavy atom. The number of hydrogen-bond donors (Lipinski definition) is 5. The number of amides is 2. The molecule has 0 unspecified atom stereocenters. The minimum Gasteiger partial charge on any atom is -0.480 e. The fraction of sp³-hybridized carbons (Fsp3) is 0.333. The van der Waals surface area contributed by atoms with Gasteiger partial charge < -0.3 is 31.1 Å². The molecule has 0 fully saturated rings. The Kier molecular flexibility index (Phi) is 6.26. The average Bonchev–Trinajstić information content (AvgIpc) is 2.53. The van der Waals surface area contributed by atoms with E-state index in [-0.39, 0.29) is 10.6 Å². The summed E-state index contributed by atoms with van der Waals surface area (Å²) in [5.41, 5.74) is 4.19. The number of carboxylic acid groups (broad SMARTS) is 2. The van der Waals surface area contributed by atoms with Gasteiger partial charge in [0.15, 0.2) is 12.1 Å². The summed E-state index contributed by atoms with van der Waals surface area (Å²) in [6.45, 7) is -2.20. The third kappa shape index (κ3) is 3.99. The Balaban J connectivity index is 3.31. The van der Waals surface area contributed by atoms with E-state index < -0.39 is 54.7 Å². The van der Waals surface area contributed by atoms with Gasteiger partial charge in [-0.05, 0) is 0 Å². The second kappa shape index (κ2) is 7.94. The van der Waals surface area contributed by atoms with Gasteiger partial charge in [0.1, 0.15) is 11.4 Å². The molecule has 0 bridgehead atoms. The second-order valence-corrected chi connectivity index (χ2v) is 4.44. The highest BCUT2D eigenvalue weighted by atomic mass is 16.4. The van der Waals surface area contributed by atoms with E-state index in [1.165, 1.54) is 0 Å². The quantitative estimate of drug-likeness (QED) is 0.322. The molecule has 24 heavy (non-hydrogen) atoms. The van der Waals surface area contributed by atoms with Crippen LogP contribution >= 0.6 is 0 Å². The van der Waals surface area contributed by atoms with Crippen molar-refractivity contribution in [2.45, 2.75) is 12.1 Å². The van der Waals surface area contributed by atoms with Gasteiger partial charge in [-0.25, -0.2) is 19.6 Å². The topological polar surface area (TPSA) is 204 Å². The molecule has 0 saturated heterocycles. The standard InChI is InChI=1S/C12H14N4O8/c13-9(19)5-1-15-6(2-14-5)10(20)16(7(3-17)11(21)22)8(4-18)12(23)24/h1-2,7-8,17-18H,3-4H2,(H2,13,19)(H,21,22)(H,23,24)/t7-,8-/m1/s1. The van der Waals surface area contributed by atoms with Crippen LogP contribution in [0.5, 0.6) is 0 Å². The van der Waals surface area contributed by atoms with Crippen LogP contribution in [0.2, 0.25) is 0 Å². The molecule has 2 amide bonds. The Labute approximate surface area is 134 Å². The van der Waals surface area contributed by atoms with E-state index in [4.69, 9.17) is 26.2 Å². The van der Waals surface area contributed by atoms with Gasteiger partial charge in [0.05, 0.1) is 25.6 Å². The molecule has 1 aromatic rings. The van der Waals surface area contributed by atoms with Gasteiger partial charge in [-0.2, -0.15) is 0 Å². The molecule has 0 aliphatic heterocycles. The van der Waals surface area contributed by atoms with Crippen LogP contribution in [0.1, 0.15) is 21.0 Å². The fourth-order valence-electron chi connectivity index (χ4n) is 1.77. The van der Waals surface area contributed by atoms with E-state index in [1.807, 2.05) is 0 Å². The molecule has 2 atom stereocenters. The number of hydrogen-bond acceptors (Lipinski definition) is 8. The van der Waals surface area contributed by atoms with Gasteiger partial charge in [-0.15, -0.1) is 0 Å². The summed E-state index contributed by atoms with van der Waals surface area (Å²) >= 11 is 0. The lowest BCUT2D eigenvalue weighted by atomic mass is 10.1. The summed E-state index contributed by atoms with van der Waals surface area (Å²) < 4.78 is 0. The van der Waals surface area contributed by atoms with Gasteiger partial charge in [0.2, 0.25) is 0 Å². The van der Waals surface area contributed by atoms with Crippen molar-refractivity contribution in [3.63, 3.8) is 0 Å². The summed E-state index contributed by atoms with van der Waals surface area (Å²) in [7, 11) is 0. The van der Waals surface area contributed by atoms with Gasteiger partial charge >= 0.3 is 11.9 Å². The van der Waals surface area contributed by atoms with Crippen LogP contribution < -0.4 is 5.73 Å². The maximum Gasteiger partial charge on any atom is 0.328 e. The molecule has 0 radical (unpaired) electrons. The highest BCUT2D eigenvalue weighted by Crippen LogP contribution is 2.12. The molecule has 0 saturated carbocycles. The molecule has 1 heterocycles. The number of primary amides is 1. The Hall–Kier alpha value is -3.12. The molecule has 1 aromatic heterocycles. The van der Waals surface area contributed by atoms with Gasteiger partial charge in [0.25, 0.3) is 11.8 Å². The first-order valence-corrected chi connectivity index (χ1v) is 6.36. The number of aromatic nitrogens is 2. The molecule has 0 aromatic carbocycles. The minimum absolute atomic E-state index is 0.263. The SMILES string of the molecule is NC(=O)c1cnc(C(=O)N([C@H](CO)C(=O)O)[C@H](CO)C(=O)O)cn1. The number of aliphatic hydroxyl groups is 2. The molecule has 12 nitrogen and oxygen atoms in total. The van der Waals surface area contributed by atoms with Crippen molar-refractivity contribution < 1.29 is 39.6 Å². The summed E-state index contributed by atoms with van der Waals surface area (Å²) in [6, 6.07) is -3.88. The largest absolute Gasteiger partial charge is 0.480 e. The molecular formula is C12H14N4O8. The van der Waals surface area contributed by atoms with Crippen LogP contribution in [-0.4, -0.2) is 84.3 Å². The zero-order valence-corrected chi connectivity index (χ0v) is 12.1. The number of aliphatic hydroxyl groups excluding tert-OH is 2. The fourth-order valence-corrected chi connectivity index (χ4v) is 1.77.